The first-order valence-electron chi connectivity index (χ1n) is 9.20. The van der Waals surface area contributed by atoms with Crippen molar-refractivity contribution in [2.24, 2.45) is 0 Å². The molecule has 0 bridgehead atoms. The Bertz CT molecular complexity index is 1260. The molecule has 8 heteroatoms. The molecule has 1 aromatic carbocycles. The predicted molar refractivity (Wildman–Crippen MR) is 108 cm³/mol. The van der Waals surface area contributed by atoms with Gasteiger partial charge in [0, 0.05) is 34.4 Å². The average molecular weight is 409 g/mol. The molecule has 29 heavy (non-hydrogen) atoms. The van der Waals surface area contributed by atoms with E-state index in [2.05, 4.69) is 15.3 Å². The molecule has 1 aliphatic carbocycles. The van der Waals surface area contributed by atoms with Gasteiger partial charge in [-0.25, -0.2) is 9.18 Å². The molecule has 3 N–H and O–H groups in total. The fourth-order valence-electron chi connectivity index (χ4n) is 4.26. The molecular weight excluding hydrogens is 393 g/mol. The van der Waals surface area contributed by atoms with E-state index in [-0.39, 0.29) is 23.1 Å². The summed E-state index contributed by atoms with van der Waals surface area (Å²) in [5.41, 5.74) is 0.905. The molecule has 3 heterocycles. The van der Waals surface area contributed by atoms with Crippen molar-refractivity contribution in [3.05, 3.63) is 95.7 Å². The van der Waals surface area contributed by atoms with Crippen molar-refractivity contribution in [1.82, 2.24) is 9.97 Å². The van der Waals surface area contributed by atoms with Crippen LogP contribution in [0.1, 0.15) is 40.7 Å². The Morgan fingerprint density at radius 1 is 1.00 bits per heavy atom. The van der Waals surface area contributed by atoms with E-state index in [4.69, 9.17) is 0 Å². The zero-order valence-electron chi connectivity index (χ0n) is 15.1. The summed E-state index contributed by atoms with van der Waals surface area (Å²) in [6, 6.07) is 9.72. The minimum absolute atomic E-state index is 0.0397. The van der Waals surface area contributed by atoms with Crippen LogP contribution in [-0.4, -0.2) is 15.8 Å². The summed E-state index contributed by atoms with van der Waals surface area (Å²) < 4.78 is 13.5. The van der Waals surface area contributed by atoms with Crippen molar-refractivity contribution in [2.75, 3.05) is 5.32 Å². The third-order valence-corrected chi connectivity index (χ3v) is 6.52. The van der Waals surface area contributed by atoms with Gasteiger partial charge in [0.25, 0.3) is 5.56 Å². The van der Waals surface area contributed by atoms with Gasteiger partial charge in [-0.3, -0.25) is 19.6 Å². The highest BCUT2D eigenvalue weighted by atomic mass is 32.1. The zero-order chi connectivity index (χ0) is 20.1. The average Bonchev–Trinajstić information content (AvgIpc) is 3.21. The summed E-state index contributed by atoms with van der Waals surface area (Å²) in [6.45, 7) is 0. The van der Waals surface area contributed by atoms with Gasteiger partial charge >= 0.3 is 5.69 Å². The number of aromatic amines is 2. The van der Waals surface area contributed by atoms with E-state index in [9.17, 15) is 18.8 Å². The number of rotatable bonds is 2. The summed E-state index contributed by atoms with van der Waals surface area (Å²) in [5, 5.41) is 5.11. The van der Waals surface area contributed by atoms with E-state index >= 15 is 0 Å². The molecule has 0 fully saturated rings. The van der Waals surface area contributed by atoms with Crippen LogP contribution in [0.15, 0.2) is 62.6 Å². The number of allylic oxidation sites excluding steroid dienone is 2. The van der Waals surface area contributed by atoms with Crippen molar-refractivity contribution in [3.8, 4) is 0 Å². The number of benzene rings is 1. The lowest BCUT2D eigenvalue weighted by atomic mass is 9.74. The summed E-state index contributed by atoms with van der Waals surface area (Å²) >= 11 is 1.60. The van der Waals surface area contributed by atoms with E-state index < -0.39 is 23.0 Å². The lowest BCUT2D eigenvalue weighted by Gasteiger charge is -2.35. The maximum atomic E-state index is 13.5. The molecule has 0 amide bonds. The Hall–Kier alpha value is -3.26. The number of Topliss-reactive ketones (excluding diaryl/α,β-unsaturated/α-hetero) is 1. The Morgan fingerprint density at radius 2 is 1.79 bits per heavy atom. The highest BCUT2D eigenvalue weighted by molar-refractivity contribution is 7.10. The second-order valence-corrected chi connectivity index (χ2v) is 8.22. The van der Waals surface area contributed by atoms with Crippen molar-refractivity contribution < 1.29 is 9.18 Å². The highest BCUT2D eigenvalue weighted by Gasteiger charge is 2.40. The number of thiophene rings is 1. The van der Waals surface area contributed by atoms with Gasteiger partial charge in [-0.05, 0) is 35.6 Å². The van der Waals surface area contributed by atoms with Crippen LogP contribution in [0.5, 0.6) is 0 Å². The molecule has 2 aromatic heterocycles. The van der Waals surface area contributed by atoms with E-state index in [0.29, 0.717) is 29.7 Å². The standard InChI is InChI=1S/C21H16FN3O3S/c22-12-5-3-10(4-6-12)16-17-13(23-19-18(16)20(27)25-21(28)24-19)8-11(9-14(17)26)15-2-1-7-29-15/h1-7,11,16H,8-9H2,(H3,23,24,25,27,28)/t11-,16-/m1/s1. The van der Waals surface area contributed by atoms with Gasteiger partial charge in [0.1, 0.15) is 11.6 Å². The van der Waals surface area contributed by atoms with Gasteiger partial charge in [0.2, 0.25) is 0 Å². The van der Waals surface area contributed by atoms with E-state index in [1.165, 1.54) is 12.1 Å². The smallest absolute Gasteiger partial charge is 0.327 e. The number of hydrogen-bond acceptors (Lipinski definition) is 5. The topological polar surface area (TPSA) is 94.8 Å². The summed E-state index contributed by atoms with van der Waals surface area (Å²) in [4.78, 5) is 43.7. The van der Waals surface area contributed by atoms with Gasteiger partial charge in [-0.2, -0.15) is 0 Å². The number of carbonyl (C=O) groups is 1. The van der Waals surface area contributed by atoms with Gasteiger partial charge in [-0.1, -0.05) is 18.2 Å². The third-order valence-electron chi connectivity index (χ3n) is 5.49. The number of nitrogens with one attached hydrogen (secondary N) is 3. The van der Waals surface area contributed by atoms with Gasteiger partial charge in [0.15, 0.2) is 5.78 Å². The Kier molecular flexibility index (Phi) is 4.09. The molecule has 0 radical (unpaired) electrons. The second-order valence-electron chi connectivity index (χ2n) is 7.24. The van der Waals surface area contributed by atoms with Crippen LogP contribution in [0.25, 0.3) is 0 Å². The highest BCUT2D eigenvalue weighted by Crippen LogP contribution is 2.46. The maximum absolute atomic E-state index is 13.5. The van der Waals surface area contributed by atoms with E-state index in [0.717, 1.165) is 4.88 Å². The van der Waals surface area contributed by atoms with Crippen molar-refractivity contribution >= 4 is 22.9 Å². The minimum Gasteiger partial charge on any atom is -0.344 e. The van der Waals surface area contributed by atoms with Crippen LogP contribution in [-0.2, 0) is 4.79 Å². The number of aromatic nitrogens is 2. The number of hydrogen-bond donors (Lipinski definition) is 3. The molecule has 2 aliphatic rings. The molecule has 3 aromatic rings. The van der Waals surface area contributed by atoms with Gasteiger partial charge < -0.3 is 5.32 Å². The number of halogens is 1. The molecule has 1 aliphatic heterocycles. The molecule has 0 spiro atoms. The molecule has 6 nitrogen and oxygen atoms in total. The summed E-state index contributed by atoms with van der Waals surface area (Å²) in [5.74, 6) is -0.800. The van der Waals surface area contributed by atoms with Crippen molar-refractivity contribution in [3.63, 3.8) is 0 Å². The summed E-state index contributed by atoms with van der Waals surface area (Å²) in [6.07, 6.45) is 0.933. The Labute approximate surface area is 168 Å². The Balaban J connectivity index is 1.70. The monoisotopic (exact) mass is 409 g/mol. The van der Waals surface area contributed by atoms with Crippen LogP contribution in [0.2, 0.25) is 0 Å². The summed E-state index contributed by atoms with van der Waals surface area (Å²) in [7, 11) is 0. The number of H-pyrrole nitrogens is 2. The lowest BCUT2D eigenvalue weighted by molar-refractivity contribution is -0.116. The first-order valence-corrected chi connectivity index (χ1v) is 10.1. The van der Waals surface area contributed by atoms with Crippen LogP contribution in [0, 0.1) is 5.82 Å². The molecule has 2 atom stereocenters. The lowest BCUT2D eigenvalue weighted by Crippen LogP contribution is -2.37. The third kappa shape index (κ3) is 2.96. The van der Waals surface area contributed by atoms with E-state index in [1.54, 1.807) is 23.5 Å². The zero-order valence-corrected chi connectivity index (χ0v) is 15.9. The molecule has 0 unspecified atom stereocenters. The van der Waals surface area contributed by atoms with Gasteiger partial charge in [0.05, 0.1) is 5.56 Å². The molecule has 5 rings (SSSR count). The second kappa shape index (κ2) is 6.66. The van der Waals surface area contributed by atoms with Crippen LogP contribution in [0.4, 0.5) is 10.2 Å². The maximum Gasteiger partial charge on any atom is 0.327 e. The predicted octanol–water partition coefficient (Wildman–Crippen LogP) is 3.22. The van der Waals surface area contributed by atoms with Gasteiger partial charge in [-0.15, -0.1) is 11.3 Å². The SMILES string of the molecule is O=C1C[C@H](c2cccs2)CC2=C1[C@@H](c1ccc(F)cc1)c1c([nH]c(=O)[nH]c1=O)N2. The largest absolute Gasteiger partial charge is 0.344 e. The van der Waals surface area contributed by atoms with Crippen molar-refractivity contribution in [1.29, 1.82) is 0 Å². The molecule has 146 valence electrons. The minimum atomic E-state index is -0.667. The molecule has 0 saturated carbocycles. The number of fused-ring (bicyclic) bond motifs is 1. The fraction of sp³-hybridized carbons (Fsp3) is 0.190. The number of carbonyl (C=O) groups excluding carboxylic acids is 1. The number of ketones is 1. The Morgan fingerprint density at radius 3 is 2.52 bits per heavy atom. The first kappa shape index (κ1) is 17.8. The van der Waals surface area contributed by atoms with Crippen LogP contribution >= 0.6 is 11.3 Å². The molecular formula is C21H16FN3O3S. The molecule has 0 saturated heterocycles. The first-order chi connectivity index (χ1) is 14.0. The fourth-order valence-corrected chi connectivity index (χ4v) is 5.09. The van der Waals surface area contributed by atoms with Crippen molar-refractivity contribution in [2.45, 2.75) is 24.7 Å². The van der Waals surface area contributed by atoms with Crippen LogP contribution < -0.4 is 16.6 Å². The van der Waals surface area contributed by atoms with Crippen LogP contribution in [0.3, 0.4) is 0 Å². The van der Waals surface area contributed by atoms with E-state index in [1.807, 2.05) is 17.5 Å². The quantitative estimate of drug-likeness (QED) is 0.606. The number of anilines is 1. The normalized spacial score (nSPS) is 20.8.